The molecule has 128 valence electrons. The van der Waals surface area contributed by atoms with E-state index in [1.54, 1.807) is 0 Å². The number of aryl methyl sites for hydroxylation is 1. The van der Waals surface area contributed by atoms with Crippen molar-refractivity contribution < 1.29 is 4.79 Å². The van der Waals surface area contributed by atoms with Crippen molar-refractivity contribution in [3.05, 3.63) is 77.0 Å². The average molecular weight is 333 g/mol. The number of nitrogens with zero attached hydrogens (tertiary/aromatic N) is 1. The van der Waals surface area contributed by atoms with Gasteiger partial charge in [-0.3, -0.25) is 4.79 Å². The van der Waals surface area contributed by atoms with E-state index >= 15 is 0 Å². The lowest BCUT2D eigenvalue weighted by molar-refractivity contribution is -0.112. The number of benzene rings is 2. The first-order valence-electron chi connectivity index (χ1n) is 8.31. The molecule has 2 aromatic carbocycles. The lowest BCUT2D eigenvalue weighted by Gasteiger charge is -2.16. The molecule has 0 aliphatic carbocycles. The molecule has 4 nitrogen and oxygen atoms in total. The maximum Gasteiger partial charge on any atom is 0.267 e. The van der Waals surface area contributed by atoms with Crippen molar-refractivity contribution in [1.82, 2.24) is 5.32 Å². The number of amides is 1. The molecule has 0 atom stereocenters. The fraction of sp³-hybridized carbons (Fsp3) is 0.238. The van der Waals surface area contributed by atoms with Crippen LogP contribution in [0.1, 0.15) is 36.5 Å². The number of para-hydroxylation sites is 1. The highest BCUT2D eigenvalue weighted by atomic mass is 16.1. The first-order chi connectivity index (χ1) is 12.0. The van der Waals surface area contributed by atoms with Crippen LogP contribution in [0, 0.1) is 18.3 Å². The van der Waals surface area contributed by atoms with Gasteiger partial charge in [-0.2, -0.15) is 5.26 Å². The van der Waals surface area contributed by atoms with E-state index in [0.29, 0.717) is 6.54 Å². The molecule has 2 rings (SSSR count). The van der Waals surface area contributed by atoms with Gasteiger partial charge in [-0.1, -0.05) is 62.4 Å². The Kier molecular flexibility index (Phi) is 6.36. The molecule has 2 N–H and O–H groups in total. The van der Waals surface area contributed by atoms with Gasteiger partial charge >= 0.3 is 0 Å². The summed E-state index contributed by atoms with van der Waals surface area (Å²) in [6.45, 7) is 6.66. The molecule has 0 aliphatic rings. The van der Waals surface area contributed by atoms with Gasteiger partial charge < -0.3 is 10.6 Å². The molecule has 0 fully saturated rings. The minimum absolute atomic E-state index is 0.0499. The highest BCUT2D eigenvalue weighted by Crippen LogP contribution is 2.27. The van der Waals surface area contributed by atoms with Crippen LogP contribution in [0.15, 0.2) is 60.3 Å². The fourth-order valence-corrected chi connectivity index (χ4v) is 2.54. The largest absolute Gasteiger partial charge is 0.386 e. The SMILES string of the molecule is Cc1cccc(C(C)C)c1NC(=O)/C(C#N)=C\NCc1ccccc1. The zero-order chi connectivity index (χ0) is 18.2. The number of rotatable bonds is 6. The van der Waals surface area contributed by atoms with Crippen LogP contribution in [0.2, 0.25) is 0 Å². The van der Waals surface area contributed by atoms with Crippen LogP contribution in [0.4, 0.5) is 5.69 Å². The number of carbonyl (C=O) groups is 1. The van der Waals surface area contributed by atoms with E-state index in [-0.39, 0.29) is 11.5 Å². The lowest BCUT2D eigenvalue weighted by atomic mass is 9.98. The second-order valence-corrected chi connectivity index (χ2v) is 6.18. The van der Waals surface area contributed by atoms with Crippen LogP contribution >= 0.6 is 0 Å². The summed E-state index contributed by atoms with van der Waals surface area (Å²) < 4.78 is 0. The third-order valence-electron chi connectivity index (χ3n) is 3.93. The van der Waals surface area contributed by atoms with Crippen molar-refractivity contribution in [3.8, 4) is 6.07 Å². The van der Waals surface area contributed by atoms with Crippen molar-refractivity contribution in [2.45, 2.75) is 33.2 Å². The number of hydrogen-bond acceptors (Lipinski definition) is 3. The summed E-state index contributed by atoms with van der Waals surface area (Å²) in [7, 11) is 0. The molecule has 0 bridgehead atoms. The van der Waals surface area contributed by atoms with Crippen molar-refractivity contribution in [1.29, 1.82) is 5.26 Å². The number of nitriles is 1. The Bertz CT molecular complexity index is 802. The third-order valence-corrected chi connectivity index (χ3v) is 3.93. The molecule has 0 saturated carbocycles. The van der Waals surface area contributed by atoms with Crippen molar-refractivity contribution in [2.24, 2.45) is 0 Å². The number of nitrogens with one attached hydrogen (secondary N) is 2. The van der Waals surface area contributed by atoms with Gasteiger partial charge in [0.25, 0.3) is 5.91 Å². The van der Waals surface area contributed by atoms with E-state index in [1.165, 1.54) is 6.20 Å². The topological polar surface area (TPSA) is 64.9 Å². The Morgan fingerprint density at radius 1 is 1.16 bits per heavy atom. The second-order valence-electron chi connectivity index (χ2n) is 6.18. The monoisotopic (exact) mass is 333 g/mol. The molecule has 1 amide bonds. The fourth-order valence-electron chi connectivity index (χ4n) is 2.54. The maximum absolute atomic E-state index is 12.5. The summed E-state index contributed by atoms with van der Waals surface area (Å²) in [5, 5.41) is 15.2. The Morgan fingerprint density at radius 2 is 1.88 bits per heavy atom. The van der Waals surface area contributed by atoms with Crippen molar-refractivity contribution in [3.63, 3.8) is 0 Å². The van der Waals surface area contributed by atoms with Gasteiger partial charge in [-0.25, -0.2) is 0 Å². The molecule has 0 heterocycles. The Labute approximate surface area is 149 Å². The average Bonchev–Trinajstić information content (AvgIpc) is 2.61. The quantitative estimate of drug-likeness (QED) is 0.613. The van der Waals surface area contributed by atoms with E-state index in [0.717, 1.165) is 22.4 Å². The van der Waals surface area contributed by atoms with E-state index in [2.05, 4.69) is 24.5 Å². The van der Waals surface area contributed by atoms with Gasteiger partial charge in [-0.05, 0) is 29.5 Å². The van der Waals surface area contributed by atoms with E-state index in [1.807, 2.05) is 61.5 Å². The van der Waals surface area contributed by atoms with Gasteiger partial charge in [0.15, 0.2) is 0 Å². The first kappa shape index (κ1) is 18.3. The normalized spacial score (nSPS) is 11.1. The van der Waals surface area contributed by atoms with E-state index < -0.39 is 5.91 Å². The molecule has 0 radical (unpaired) electrons. The molecule has 0 unspecified atom stereocenters. The lowest BCUT2D eigenvalue weighted by Crippen LogP contribution is -2.18. The summed E-state index contributed by atoms with van der Waals surface area (Å²) in [6.07, 6.45) is 1.47. The molecule has 0 aromatic heterocycles. The molecule has 4 heteroatoms. The number of carbonyl (C=O) groups excluding carboxylic acids is 1. The molecule has 0 spiro atoms. The standard InChI is InChI=1S/C21H23N3O/c1-15(2)19-11-7-8-16(3)20(19)24-21(25)18(12-22)14-23-13-17-9-5-4-6-10-17/h4-11,14-15,23H,13H2,1-3H3,(H,24,25)/b18-14-. The summed E-state index contributed by atoms with van der Waals surface area (Å²) in [6, 6.07) is 17.7. The minimum Gasteiger partial charge on any atom is -0.386 e. The van der Waals surface area contributed by atoms with Gasteiger partial charge in [0.05, 0.1) is 0 Å². The van der Waals surface area contributed by atoms with Crippen LogP contribution < -0.4 is 10.6 Å². The van der Waals surface area contributed by atoms with Crippen LogP contribution in [-0.4, -0.2) is 5.91 Å². The van der Waals surface area contributed by atoms with E-state index in [4.69, 9.17) is 0 Å². The summed E-state index contributed by atoms with van der Waals surface area (Å²) >= 11 is 0. The van der Waals surface area contributed by atoms with Crippen LogP contribution in [0.25, 0.3) is 0 Å². The number of anilines is 1. The molecular weight excluding hydrogens is 310 g/mol. The van der Waals surface area contributed by atoms with E-state index in [9.17, 15) is 10.1 Å². The van der Waals surface area contributed by atoms with Gasteiger partial charge in [0, 0.05) is 18.4 Å². The Balaban J connectivity index is 2.10. The van der Waals surface area contributed by atoms with Crippen molar-refractivity contribution in [2.75, 3.05) is 5.32 Å². The van der Waals surface area contributed by atoms with Crippen LogP contribution in [0.3, 0.4) is 0 Å². The molecule has 25 heavy (non-hydrogen) atoms. The molecule has 0 aliphatic heterocycles. The number of hydrogen-bond donors (Lipinski definition) is 2. The Hall–Kier alpha value is -3.06. The second kappa shape index (κ2) is 8.70. The van der Waals surface area contributed by atoms with Gasteiger partial charge in [0.2, 0.25) is 0 Å². The van der Waals surface area contributed by atoms with Gasteiger partial charge in [0.1, 0.15) is 11.6 Å². The summed E-state index contributed by atoms with van der Waals surface area (Å²) in [5.41, 5.74) is 3.95. The zero-order valence-corrected chi connectivity index (χ0v) is 14.8. The van der Waals surface area contributed by atoms with Gasteiger partial charge in [-0.15, -0.1) is 0 Å². The molecule has 2 aromatic rings. The summed E-state index contributed by atoms with van der Waals surface area (Å²) in [4.78, 5) is 12.5. The molecular formula is C21H23N3O. The maximum atomic E-state index is 12.5. The van der Waals surface area contributed by atoms with Crippen LogP contribution in [0.5, 0.6) is 0 Å². The minimum atomic E-state index is -0.403. The highest BCUT2D eigenvalue weighted by molar-refractivity contribution is 6.07. The highest BCUT2D eigenvalue weighted by Gasteiger charge is 2.15. The predicted octanol–water partition coefficient (Wildman–Crippen LogP) is 4.25. The first-order valence-corrected chi connectivity index (χ1v) is 8.31. The smallest absolute Gasteiger partial charge is 0.267 e. The predicted molar refractivity (Wildman–Crippen MR) is 101 cm³/mol. The van der Waals surface area contributed by atoms with Crippen molar-refractivity contribution >= 4 is 11.6 Å². The van der Waals surface area contributed by atoms with Crippen LogP contribution in [-0.2, 0) is 11.3 Å². The third kappa shape index (κ3) is 4.95. The zero-order valence-electron chi connectivity index (χ0n) is 14.8. The Morgan fingerprint density at radius 3 is 2.52 bits per heavy atom. The molecule has 0 saturated heterocycles. The summed E-state index contributed by atoms with van der Waals surface area (Å²) in [5.74, 6) is -0.125.